The van der Waals surface area contributed by atoms with Crippen molar-refractivity contribution in [3.63, 3.8) is 0 Å². The van der Waals surface area contributed by atoms with E-state index in [1.165, 1.54) is 0 Å². The zero-order valence-corrected chi connectivity index (χ0v) is 27.1. The molecule has 0 aromatic heterocycles. The number of carbonyl (C=O) groups is 3. The second-order valence-corrected chi connectivity index (χ2v) is 13.3. The van der Waals surface area contributed by atoms with Gasteiger partial charge in [-0.25, -0.2) is 0 Å². The third-order valence-electron chi connectivity index (χ3n) is 7.34. The fraction of sp³-hybridized carbons (Fsp3) is 0.893. The van der Waals surface area contributed by atoms with Gasteiger partial charge in [0, 0.05) is 71.7 Å². The molecule has 1 saturated heterocycles. The van der Waals surface area contributed by atoms with Gasteiger partial charge in [-0.3, -0.25) is 14.4 Å². The van der Waals surface area contributed by atoms with E-state index in [4.69, 9.17) is 13.3 Å². The zero-order valence-electron chi connectivity index (χ0n) is 26.1. The summed E-state index contributed by atoms with van der Waals surface area (Å²) in [5.74, 6) is -2.49. The number of hydrogen-bond donors (Lipinski definition) is 3. The van der Waals surface area contributed by atoms with Gasteiger partial charge >= 0.3 is 26.7 Å². The maximum absolute atomic E-state index is 11.3. The van der Waals surface area contributed by atoms with Crippen LogP contribution in [0.25, 0.3) is 0 Å². The molecule has 13 nitrogen and oxygen atoms in total. The number of aliphatic carboxylic acids is 3. The SMILES string of the molecule is CCO[Si](CCCN1CCCN(CCC(=O)O)CCN(CCC(=O)O)CCCN(CCC(=O)O)CC1)(OCC)OCC. The van der Waals surface area contributed by atoms with E-state index < -0.39 is 26.7 Å². The summed E-state index contributed by atoms with van der Waals surface area (Å²) in [5.41, 5.74) is 0. The highest BCUT2D eigenvalue weighted by Gasteiger charge is 2.39. The van der Waals surface area contributed by atoms with E-state index in [-0.39, 0.29) is 19.3 Å². The molecule has 1 fully saturated rings. The summed E-state index contributed by atoms with van der Waals surface area (Å²) in [6, 6.07) is 0.721. The molecule has 0 aliphatic carbocycles. The fourth-order valence-electron chi connectivity index (χ4n) is 5.22. The minimum absolute atomic E-state index is 0.0485. The first kappa shape index (κ1) is 38.4. The maximum Gasteiger partial charge on any atom is 0.500 e. The number of carboxylic acid groups (broad SMARTS) is 3. The van der Waals surface area contributed by atoms with Crippen LogP contribution in [0.4, 0.5) is 0 Å². The standard InChI is InChI=1S/C28H56N4O9Si/c1-4-39-42(40-5-2,41-6-3)25-9-17-29-13-7-14-31(19-11-27(35)36)23-24-32(20-12-28(37)38)16-8-15-30(22-21-29)18-10-26(33)34/h4-25H2,1-3H3,(H,33,34)(H,35,36)(H,37,38). The Bertz CT molecular complexity index is 748. The molecule has 0 spiro atoms. The van der Waals surface area contributed by atoms with Gasteiger partial charge in [0.2, 0.25) is 0 Å². The van der Waals surface area contributed by atoms with E-state index in [1.54, 1.807) is 0 Å². The van der Waals surface area contributed by atoms with Crippen LogP contribution in [0, 0.1) is 0 Å². The lowest BCUT2D eigenvalue weighted by Gasteiger charge is -2.32. The molecule has 0 saturated carbocycles. The summed E-state index contributed by atoms with van der Waals surface area (Å²) in [7, 11) is -2.75. The molecule has 0 bridgehead atoms. The topological polar surface area (TPSA) is 153 Å². The normalized spacial score (nSPS) is 18.1. The van der Waals surface area contributed by atoms with Gasteiger partial charge in [0.25, 0.3) is 0 Å². The first-order valence-corrected chi connectivity index (χ1v) is 17.5. The van der Waals surface area contributed by atoms with Gasteiger partial charge in [0.05, 0.1) is 19.3 Å². The van der Waals surface area contributed by atoms with Gasteiger partial charge < -0.3 is 48.2 Å². The average molecular weight is 621 g/mol. The van der Waals surface area contributed by atoms with Crippen molar-refractivity contribution in [1.29, 1.82) is 0 Å². The first-order valence-electron chi connectivity index (χ1n) is 15.6. The molecule has 1 aliphatic rings. The fourth-order valence-corrected chi connectivity index (χ4v) is 7.82. The number of nitrogens with zero attached hydrogens (tertiary/aromatic N) is 4. The Kier molecular flexibility index (Phi) is 20.9. The number of rotatable bonds is 19. The van der Waals surface area contributed by atoms with Crippen molar-refractivity contribution in [2.24, 2.45) is 0 Å². The van der Waals surface area contributed by atoms with Crippen LogP contribution in [0.5, 0.6) is 0 Å². The minimum atomic E-state index is -2.75. The van der Waals surface area contributed by atoms with Gasteiger partial charge in [-0.05, 0) is 72.8 Å². The Labute approximate surface area is 253 Å². The summed E-state index contributed by atoms with van der Waals surface area (Å²) in [5, 5.41) is 27.8. The van der Waals surface area contributed by atoms with E-state index in [1.807, 2.05) is 20.8 Å². The Balaban J connectivity index is 2.99. The van der Waals surface area contributed by atoms with Gasteiger partial charge in [-0.1, -0.05) is 0 Å². The number of hydrogen-bond acceptors (Lipinski definition) is 10. The molecule has 246 valence electrons. The second-order valence-electron chi connectivity index (χ2n) is 10.6. The summed E-state index contributed by atoms with van der Waals surface area (Å²) in [6.45, 7) is 15.5. The van der Waals surface area contributed by atoms with Crippen LogP contribution in [0.3, 0.4) is 0 Å². The monoisotopic (exact) mass is 620 g/mol. The summed E-state index contributed by atoms with van der Waals surface area (Å²) in [6.07, 6.45) is 2.69. The van der Waals surface area contributed by atoms with Crippen molar-refractivity contribution >= 4 is 26.7 Å². The summed E-state index contributed by atoms with van der Waals surface area (Å²) < 4.78 is 18.1. The lowest BCUT2D eigenvalue weighted by atomic mass is 10.2. The smallest absolute Gasteiger partial charge is 0.481 e. The molecule has 0 amide bonds. The molecule has 42 heavy (non-hydrogen) atoms. The Morgan fingerprint density at radius 2 is 0.857 bits per heavy atom. The van der Waals surface area contributed by atoms with Gasteiger partial charge in [-0.2, -0.15) is 0 Å². The van der Waals surface area contributed by atoms with E-state index in [0.717, 1.165) is 64.6 Å². The molecule has 0 unspecified atom stereocenters. The van der Waals surface area contributed by atoms with Crippen LogP contribution in [-0.4, -0.2) is 160 Å². The second kappa shape index (κ2) is 22.8. The molecule has 1 heterocycles. The van der Waals surface area contributed by atoms with E-state index in [0.29, 0.717) is 59.1 Å². The lowest BCUT2D eigenvalue weighted by molar-refractivity contribution is -0.138. The minimum Gasteiger partial charge on any atom is -0.481 e. The van der Waals surface area contributed by atoms with Crippen LogP contribution in [0.2, 0.25) is 6.04 Å². The van der Waals surface area contributed by atoms with Crippen molar-refractivity contribution in [1.82, 2.24) is 19.6 Å². The highest BCUT2D eigenvalue weighted by Crippen LogP contribution is 2.19. The van der Waals surface area contributed by atoms with Crippen LogP contribution < -0.4 is 0 Å². The summed E-state index contributed by atoms with van der Waals surface area (Å²) >= 11 is 0. The lowest BCUT2D eigenvalue weighted by Crippen LogP contribution is -2.47. The predicted octanol–water partition coefficient (Wildman–Crippen LogP) is 1.85. The first-order chi connectivity index (χ1) is 20.1. The molecule has 1 rings (SSSR count). The largest absolute Gasteiger partial charge is 0.500 e. The molecular weight excluding hydrogens is 564 g/mol. The van der Waals surface area contributed by atoms with Gasteiger partial charge in [-0.15, -0.1) is 0 Å². The Morgan fingerprint density at radius 1 is 0.548 bits per heavy atom. The van der Waals surface area contributed by atoms with Crippen molar-refractivity contribution in [2.75, 3.05) is 98.4 Å². The van der Waals surface area contributed by atoms with Crippen LogP contribution in [0.1, 0.15) is 59.3 Å². The third kappa shape index (κ3) is 18.1. The highest BCUT2D eigenvalue weighted by molar-refractivity contribution is 6.60. The molecule has 14 heteroatoms. The average Bonchev–Trinajstić information content (AvgIpc) is 2.92. The number of carboxylic acids is 3. The van der Waals surface area contributed by atoms with Crippen LogP contribution in [0.15, 0.2) is 0 Å². The maximum atomic E-state index is 11.3. The van der Waals surface area contributed by atoms with Crippen molar-refractivity contribution in [2.45, 2.75) is 65.3 Å². The van der Waals surface area contributed by atoms with Gasteiger partial charge in [0.15, 0.2) is 0 Å². The van der Waals surface area contributed by atoms with Crippen molar-refractivity contribution in [3.05, 3.63) is 0 Å². The van der Waals surface area contributed by atoms with Crippen molar-refractivity contribution in [3.8, 4) is 0 Å². The molecular formula is C28H56N4O9Si. The van der Waals surface area contributed by atoms with E-state index >= 15 is 0 Å². The zero-order chi connectivity index (χ0) is 31.2. The molecule has 1 aliphatic heterocycles. The Hall–Kier alpha value is -1.65. The quantitative estimate of drug-likeness (QED) is 0.180. The van der Waals surface area contributed by atoms with Crippen molar-refractivity contribution < 1.29 is 43.0 Å². The van der Waals surface area contributed by atoms with Crippen LogP contribution in [-0.2, 0) is 27.7 Å². The molecule has 0 aromatic rings. The molecule has 3 N–H and O–H groups in total. The van der Waals surface area contributed by atoms with E-state index in [9.17, 15) is 29.7 Å². The molecule has 0 atom stereocenters. The van der Waals surface area contributed by atoms with Crippen LogP contribution >= 0.6 is 0 Å². The third-order valence-corrected chi connectivity index (χ3v) is 10.5. The molecule has 0 radical (unpaired) electrons. The highest BCUT2D eigenvalue weighted by atomic mass is 28.4. The summed E-state index contributed by atoms with van der Waals surface area (Å²) in [4.78, 5) is 42.7. The molecule has 0 aromatic carbocycles. The van der Waals surface area contributed by atoms with E-state index in [2.05, 4.69) is 19.6 Å². The van der Waals surface area contributed by atoms with Gasteiger partial charge in [0.1, 0.15) is 0 Å². The Morgan fingerprint density at radius 3 is 1.14 bits per heavy atom. The predicted molar refractivity (Wildman–Crippen MR) is 162 cm³/mol.